The van der Waals surface area contributed by atoms with E-state index < -0.39 is 0 Å². The van der Waals surface area contributed by atoms with Gasteiger partial charge in [0.2, 0.25) is 0 Å². The Labute approximate surface area is 184 Å². The normalized spacial score (nSPS) is 17.6. The lowest BCUT2D eigenvalue weighted by molar-refractivity contribution is 0.652. The number of rotatable bonds is 0. The van der Waals surface area contributed by atoms with E-state index in [1.807, 2.05) is 97.2 Å². The van der Waals surface area contributed by atoms with Gasteiger partial charge in [-0.2, -0.15) is 0 Å². The van der Waals surface area contributed by atoms with E-state index >= 15 is 0 Å². The van der Waals surface area contributed by atoms with Gasteiger partial charge in [0.15, 0.2) is 0 Å². The van der Waals surface area contributed by atoms with Crippen LogP contribution in [0.4, 0.5) is 0 Å². The summed E-state index contributed by atoms with van der Waals surface area (Å²) in [5.41, 5.74) is 0. The van der Waals surface area contributed by atoms with Gasteiger partial charge in [-0.15, -0.1) is 0 Å². The van der Waals surface area contributed by atoms with Gasteiger partial charge in [-0.25, -0.2) is 0 Å². The molecule has 1 rings (SSSR count). The molecule has 0 aromatic heterocycles. The minimum absolute atomic E-state index is 1.16. The standard InChI is InChI=1S/C30H36/c1-2-4-6-8-10-12-14-16-18-20-22-24-26-28-30-29-27-25-23-21-19-17-15-13-11-9-7-5-3-1/h1-24H,25-30H2. The third-order valence-corrected chi connectivity index (χ3v) is 4.10. The highest BCUT2D eigenvalue weighted by Crippen LogP contribution is 2.06. The van der Waals surface area contributed by atoms with Crippen molar-refractivity contribution in [3.8, 4) is 0 Å². The minimum atomic E-state index is 1.16. The van der Waals surface area contributed by atoms with Gasteiger partial charge in [0.1, 0.15) is 0 Å². The van der Waals surface area contributed by atoms with Crippen molar-refractivity contribution in [2.75, 3.05) is 0 Å². The predicted molar refractivity (Wildman–Crippen MR) is 137 cm³/mol. The first-order valence-electron chi connectivity index (χ1n) is 11.0. The van der Waals surface area contributed by atoms with Crippen LogP contribution in [0.2, 0.25) is 0 Å². The molecule has 0 saturated carbocycles. The van der Waals surface area contributed by atoms with Crippen LogP contribution >= 0.6 is 0 Å². The van der Waals surface area contributed by atoms with Crippen LogP contribution in [0.3, 0.4) is 0 Å². The maximum Gasteiger partial charge on any atom is -0.0348 e. The lowest BCUT2D eigenvalue weighted by Gasteiger charge is -1.96. The molecule has 0 N–H and O–H groups in total. The van der Waals surface area contributed by atoms with Gasteiger partial charge >= 0.3 is 0 Å². The Morgan fingerprint density at radius 1 is 0.200 bits per heavy atom. The molecule has 0 aromatic carbocycles. The lowest BCUT2D eigenvalue weighted by Crippen LogP contribution is -1.76. The first-order chi connectivity index (χ1) is 15.0. The largest absolute Gasteiger partial charge is 0.0845 e. The summed E-state index contributed by atoms with van der Waals surface area (Å²) >= 11 is 0. The van der Waals surface area contributed by atoms with Gasteiger partial charge in [0, 0.05) is 0 Å². The van der Waals surface area contributed by atoms with E-state index in [9.17, 15) is 0 Å². The summed E-state index contributed by atoms with van der Waals surface area (Å²) in [6, 6.07) is 0. The van der Waals surface area contributed by atoms with Crippen molar-refractivity contribution in [3.05, 3.63) is 146 Å². The molecule has 0 radical (unpaired) electrons. The highest BCUT2D eigenvalue weighted by Gasteiger charge is 1.86. The van der Waals surface area contributed by atoms with Crippen molar-refractivity contribution in [2.24, 2.45) is 0 Å². The fourth-order valence-electron chi connectivity index (χ4n) is 2.51. The van der Waals surface area contributed by atoms with Gasteiger partial charge in [-0.3, -0.25) is 0 Å². The molecule has 0 aliphatic heterocycles. The molecule has 30 heavy (non-hydrogen) atoms. The first-order valence-corrected chi connectivity index (χ1v) is 11.0. The molecule has 156 valence electrons. The molecule has 0 aromatic rings. The highest BCUT2D eigenvalue weighted by molar-refractivity contribution is 5.23. The van der Waals surface area contributed by atoms with Crippen LogP contribution in [0.15, 0.2) is 146 Å². The Balaban J connectivity index is 2.51. The average molecular weight is 397 g/mol. The molecule has 1 aliphatic carbocycles. The molecule has 0 amide bonds. The second kappa shape index (κ2) is 22.2. The summed E-state index contributed by atoms with van der Waals surface area (Å²) in [5.74, 6) is 0. The number of hydrogen-bond donors (Lipinski definition) is 0. The summed E-state index contributed by atoms with van der Waals surface area (Å²) in [4.78, 5) is 0. The molecule has 0 nitrogen and oxygen atoms in total. The quantitative estimate of drug-likeness (QED) is 0.383. The number of hydrogen-bond acceptors (Lipinski definition) is 0. The molecule has 0 spiro atoms. The van der Waals surface area contributed by atoms with E-state index in [0.717, 1.165) is 12.8 Å². The molecule has 0 heteroatoms. The van der Waals surface area contributed by atoms with Gasteiger partial charge in [0.05, 0.1) is 0 Å². The predicted octanol–water partition coefficient (Wildman–Crippen LogP) is 9.02. The second-order valence-corrected chi connectivity index (χ2v) is 6.70. The van der Waals surface area contributed by atoms with Crippen LogP contribution in [0, 0.1) is 0 Å². The SMILES string of the molecule is C1=CC=CC=CC=CC=CC=CCCCCCCC=CC=CC=CC=CC=CC=C1. The fraction of sp³-hybridized carbons (Fsp3) is 0.200. The molecule has 0 fully saturated rings. The zero-order chi connectivity index (χ0) is 21.2. The molecule has 0 bridgehead atoms. The van der Waals surface area contributed by atoms with Crippen molar-refractivity contribution in [1.82, 2.24) is 0 Å². The Morgan fingerprint density at radius 2 is 0.400 bits per heavy atom. The topological polar surface area (TPSA) is 0 Å². The molecule has 1 aliphatic rings. The Bertz CT molecular complexity index is 684. The van der Waals surface area contributed by atoms with Crippen LogP contribution in [-0.4, -0.2) is 0 Å². The van der Waals surface area contributed by atoms with Crippen molar-refractivity contribution in [1.29, 1.82) is 0 Å². The van der Waals surface area contributed by atoms with E-state index in [0.29, 0.717) is 0 Å². The Hall–Kier alpha value is -3.12. The maximum absolute atomic E-state index is 2.26. The maximum atomic E-state index is 2.26. The van der Waals surface area contributed by atoms with Crippen molar-refractivity contribution >= 4 is 0 Å². The molecular formula is C30H36. The summed E-state index contributed by atoms with van der Waals surface area (Å²) in [6.45, 7) is 0. The van der Waals surface area contributed by atoms with E-state index in [4.69, 9.17) is 0 Å². The molecular weight excluding hydrogens is 360 g/mol. The van der Waals surface area contributed by atoms with Crippen LogP contribution < -0.4 is 0 Å². The summed E-state index contributed by atoms with van der Waals surface area (Å²) in [6.07, 6.45) is 57.0. The monoisotopic (exact) mass is 396 g/mol. The highest BCUT2D eigenvalue weighted by atomic mass is 13.9. The fourth-order valence-corrected chi connectivity index (χ4v) is 2.51. The van der Waals surface area contributed by atoms with Crippen LogP contribution in [0.5, 0.6) is 0 Å². The zero-order valence-corrected chi connectivity index (χ0v) is 18.1. The van der Waals surface area contributed by atoms with E-state index in [1.165, 1.54) is 25.7 Å². The average Bonchev–Trinajstić information content (AvgIpc) is 2.76. The van der Waals surface area contributed by atoms with Crippen LogP contribution in [-0.2, 0) is 0 Å². The summed E-state index contributed by atoms with van der Waals surface area (Å²) in [5, 5.41) is 0. The Morgan fingerprint density at radius 3 is 0.633 bits per heavy atom. The first kappa shape index (κ1) is 24.9. The van der Waals surface area contributed by atoms with E-state index in [2.05, 4.69) is 48.6 Å². The minimum Gasteiger partial charge on any atom is -0.0845 e. The third kappa shape index (κ3) is 19.6. The molecule has 0 heterocycles. The van der Waals surface area contributed by atoms with Crippen LogP contribution in [0.25, 0.3) is 0 Å². The molecule has 0 atom stereocenters. The summed E-state index contributed by atoms with van der Waals surface area (Å²) < 4.78 is 0. The van der Waals surface area contributed by atoms with Crippen LogP contribution in [0.1, 0.15) is 38.5 Å². The van der Waals surface area contributed by atoms with Crippen molar-refractivity contribution in [2.45, 2.75) is 38.5 Å². The smallest absolute Gasteiger partial charge is 0.0348 e. The van der Waals surface area contributed by atoms with Crippen molar-refractivity contribution < 1.29 is 0 Å². The summed E-state index contributed by atoms with van der Waals surface area (Å²) in [7, 11) is 0. The lowest BCUT2D eigenvalue weighted by atomic mass is 10.1. The zero-order valence-electron chi connectivity index (χ0n) is 18.1. The van der Waals surface area contributed by atoms with Gasteiger partial charge in [-0.05, 0) is 25.7 Å². The van der Waals surface area contributed by atoms with E-state index in [1.54, 1.807) is 0 Å². The number of allylic oxidation sites excluding steroid dienone is 24. The molecule has 0 unspecified atom stereocenters. The second-order valence-electron chi connectivity index (χ2n) is 6.70. The Kier molecular flexibility index (Phi) is 18.4. The van der Waals surface area contributed by atoms with Crippen molar-refractivity contribution in [3.63, 3.8) is 0 Å². The molecule has 0 saturated heterocycles. The van der Waals surface area contributed by atoms with Gasteiger partial charge in [0.25, 0.3) is 0 Å². The van der Waals surface area contributed by atoms with E-state index in [-0.39, 0.29) is 0 Å². The third-order valence-electron chi connectivity index (χ3n) is 4.10. The van der Waals surface area contributed by atoms with Gasteiger partial charge in [-0.1, -0.05) is 159 Å². The van der Waals surface area contributed by atoms with Gasteiger partial charge < -0.3 is 0 Å².